The van der Waals surface area contributed by atoms with Crippen molar-refractivity contribution in [3.8, 4) is 0 Å². The third-order valence-corrected chi connectivity index (χ3v) is 10.6. The minimum atomic E-state index is 0.236. The van der Waals surface area contributed by atoms with Crippen LogP contribution in [0.15, 0.2) is 74.3 Å². The summed E-state index contributed by atoms with van der Waals surface area (Å²) in [6.07, 6.45) is 39.0. The van der Waals surface area contributed by atoms with Crippen LogP contribution in [0.2, 0.25) is 0 Å². The quantitative estimate of drug-likeness (QED) is 0.0387. The Morgan fingerprint density at radius 1 is 0.510 bits per heavy atom. The summed E-state index contributed by atoms with van der Waals surface area (Å²) < 4.78 is 12.3. The number of allylic oxidation sites excluding steroid dienone is 4. The van der Waals surface area contributed by atoms with Crippen molar-refractivity contribution in [3.63, 3.8) is 0 Å². The van der Waals surface area contributed by atoms with Gasteiger partial charge >= 0.3 is 0 Å². The van der Waals surface area contributed by atoms with Crippen LogP contribution in [0.4, 0.5) is 0 Å². The third-order valence-electron chi connectivity index (χ3n) is 10.6. The molecule has 0 fully saturated rings. The molecule has 0 heterocycles. The predicted molar refractivity (Wildman–Crippen MR) is 228 cm³/mol. The van der Waals surface area contributed by atoms with E-state index in [4.69, 9.17) is 9.47 Å². The molecular weight excluding hydrogens is 621 g/mol. The fourth-order valence-electron chi connectivity index (χ4n) is 7.11. The zero-order valence-electron chi connectivity index (χ0n) is 34.3. The van der Waals surface area contributed by atoms with E-state index in [1.165, 1.54) is 165 Å². The molecule has 0 aliphatic rings. The number of hydrogen-bond donors (Lipinski definition) is 0. The molecule has 1 rings (SSSR count). The smallest absolute Gasteiger partial charge is 0.0960 e. The Bertz CT molecular complexity index is 946. The van der Waals surface area contributed by atoms with E-state index in [-0.39, 0.29) is 5.92 Å². The van der Waals surface area contributed by atoms with Gasteiger partial charge in [-0.25, -0.2) is 0 Å². The number of benzene rings is 1. The zero-order chi connectivity index (χ0) is 37.2. The highest BCUT2D eigenvalue weighted by atomic mass is 16.5. The largest absolute Gasteiger partial charge is 0.498 e. The van der Waals surface area contributed by atoms with Crippen molar-refractivity contribution in [2.75, 3.05) is 13.2 Å². The fourth-order valence-corrected chi connectivity index (χ4v) is 7.11. The molecule has 51 heavy (non-hydrogen) atoms. The van der Waals surface area contributed by atoms with Gasteiger partial charge in [0, 0.05) is 11.8 Å². The average Bonchev–Trinajstić information content (AvgIpc) is 3.12. The summed E-state index contributed by atoms with van der Waals surface area (Å²) in [6, 6.07) is 9.00. The van der Waals surface area contributed by atoms with Crippen LogP contribution in [-0.4, -0.2) is 13.2 Å². The number of rotatable bonds is 38. The van der Waals surface area contributed by atoms with Crippen LogP contribution < -0.4 is 0 Å². The van der Waals surface area contributed by atoms with Crippen molar-refractivity contribution in [2.24, 2.45) is 11.8 Å². The van der Waals surface area contributed by atoms with Crippen molar-refractivity contribution >= 4 is 0 Å². The first-order chi connectivity index (χ1) is 24.9. The van der Waals surface area contributed by atoms with Crippen LogP contribution >= 0.6 is 0 Å². The highest BCUT2D eigenvalue weighted by Gasteiger charge is 2.14. The van der Waals surface area contributed by atoms with Crippen molar-refractivity contribution in [1.29, 1.82) is 0 Å². The van der Waals surface area contributed by atoms with Crippen LogP contribution in [0.25, 0.3) is 0 Å². The fraction of sp³-hybridized carbons (Fsp3) is 0.714. The molecule has 0 unspecified atom stereocenters. The summed E-state index contributed by atoms with van der Waals surface area (Å²) in [5.74, 6) is 3.42. The SMILES string of the molecule is C=CCCCCCCCCCC(CCCCCCCCCC=C)C(=C)OCCCCCCCCCCOC(=C)[C@@H](C)c1ccc(CC(C)C)cc1. The molecule has 1 atom stereocenters. The Morgan fingerprint density at radius 3 is 1.29 bits per heavy atom. The van der Waals surface area contributed by atoms with Gasteiger partial charge in [0.25, 0.3) is 0 Å². The van der Waals surface area contributed by atoms with E-state index in [9.17, 15) is 0 Å². The maximum absolute atomic E-state index is 6.29. The number of hydrogen-bond acceptors (Lipinski definition) is 2. The van der Waals surface area contributed by atoms with Crippen LogP contribution in [0, 0.1) is 11.8 Å². The normalized spacial score (nSPS) is 11.9. The molecule has 0 aliphatic carbocycles. The Labute approximate surface area is 319 Å². The summed E-state index contributed by atoms with van der Waals surface area (Å²) in [6.45, 7) is 24.7. The first kappa shape index (κ1) is 46.8. The Kier molecular flexibility index (Phi) is 30.8. The van der Waals surface area contributed by atoms with Crippen molar-refractivity contribution in [2.45, 2.75) is 200 Å². The lowest BCUT2D eigenvalue weighted by Gasteiger charge is -2.20. The van der Waals surface area contributed by atoms with E-state index in [1.807, 2.05) is 0 Å². The summed E-state index contributed by atoms with van der Waals surface area (Å²) in [7, 11) is 0. The maximum atomic E-state index is 6.29. The molecule has 0 saturated heterocycles. The van der Waals surface area contributed by atoms with E-state index in [0.717, 1.165) is 44.0 Å². The lowest BCUT2D eigenvalue weighted by Crippen LogP contribution is -2.08. The van der Waals surface area contributed by atoms with E-state index in [1.54, 1.807) is 0 Å². The van der Waals surface area contributed by atoms with Gasteiger partial charge in [-0.2, -0.15) is 0 Å². The molecule has 1 aromatic rings. The molecule has 0 saturated carbocycles. The van der Waals surface area contributed by atoms with E-state index >= 15 is 0 Å². The first-order valence-electron chi connectivity index (χ1n) is 21.8. The van der Waals surface area contributed by atoms with E-state index in [0.29, 0.717) is 11.8 Å². The lowest BCUT2D eigenvalue weighted by atomic mass is 9.92. The van der Waals surface area contributed by atoms with Gasteiger partial charge in [-0.05, 0) is 74.8 Å². The minimum absolute atomic E-state index is 0.236. The van der Waals surface area contributed by atoms with Gasteiger partial charge < -0.3 is 9.47 Å². The maximum Gasteiger partial charge on any atom is 0.0960 e. The molecule has 0 aliphatic heterocycles. The Hall–Kier alpha value is -2.22. The van der Waals surface area contributed by atoms with Crippen LogP contribution in [-0.2, 0) is 15.9 Å². The first-order valence-corrected chi connectivity index (χ1v) is 21.8. The molecule has 0 spiro atoms. The van der Waals surface area contributed by atoms with E-state index in [2.05, 4.69) is 83.5 Å². The molecule has 2 heteroatoms. The molecule has 0 amide bonds. The average molecular weight is 705 g/mol. The molecule has 2 nitrogen and oxygen atoms in total. The predicted octanol–water partition coefficient (Wildman–Crippen LogP) is 16.2. The molecule has 0 aromatic heterocycles. The second-order valence-corrected chi connectivity index (χ2v) is 15.9. The van der Waals surface area contributed by atoms with Crippen molar-refractivity contribution in [3.05, 3.63) is 85.4 Å². The summed E-state index contributed by atoms with van der Waals surface area (Å²) in [5.41, 5.74) is 2.70. The van der Waals surface area contributed by atoms with Crippen LogP contribution in [0.3, 0.4) is 0 Å². The molecule has 0 radical (unpaired) electrons. The van der Waals surface area contributed by atoms with E-state index < -0.39 is 0 Å². The minimum Gasteiger partial charge on any atom is -0.498 e. The molecule has 292 valence electrons. The van der Waals surface area contributed by atoms with Gasteiger partial charge in [0.15, 0.2) is 0 Å². The molecule has 0 N–H and O–H groups in total. The van der Waals surface area contributed by atoms with Crippen LogP contribution in [0.5, 0.6) is 0 Å². The molecular formula is C49H84O2. The van der Waals surface area contributed by atoms with Gasteiger partial charge in [0.05, 0.1) is 24.7 Å². The second-order valence-electron chi connectivity index (χ2n) is 15.9. The van der Waals surface area contributed by atoms with Gasteiger partial charge in [-0.15, -0.1) is 13.2 Å². The topological polar surface area (TPSA) is 18.5 Å². The monoisotopic (exact) mass is 705 g/mol. The van der Waals surface area contributed by atoms with Crippen LogP contribution in [0.1, 0.15) is 205 Å². The summed E-state index contributed by atoms with van der Waals surface area (Å²) >= 11 is 0. The zero-order valence-corrected chi connectivity index (χ0v) is 34.3. The summed E-state index contributed by atoms with van der Waals surface area (Å²) in [4.78, 5) is 0. The van der Waals surface area contributed by atoms with Crippen molar-refractivity contribution in [1.82, 2.24) is 0 Å². The number of ether oxygens (including phenoxy) is 2. The number of unbranched alkanes of at least 4 members (excludes halogenated alkanes) is 21. The summed E-state index contributed by atoms with van der Waals surface area (Å²) in [5, 5.41) is 0. The highest BCUT2D eigenvalue weighted by molar-refractivity contribution is 5.28. The molecule has 1 aromatic carbocycles. The van der Waals surface area contributed by atoms with Gasteiger partial charge in [0.2, 0.25) is 0 Å². The Balaban J connectivity index is 2.16. The molecule has 0 bridgehead atoms. The Morgan fingerprint density at radius 2 is 0.882 bits per heavy atom. The van der Waals surface area contributed by atoms with Gasteiger partial charge in [-0.3, -0.25) is 0 Å². The third kappa shape index (κ3) is 27.1. The van der Waals surface area contributed by atoms with Crippen molar-refractivity contribution < 1.29 is 9.47 Å². The van der Waals surface area contributed by atoms with Gasteiger partial charge in [-0.1, -0.05) is 186 Å². The highest BCUT2D eigenvalue weighted by Crippen LogP contribution is 2.27. The second kappa shape index (κ2) is 33.6. The van der Waals surface area contributed by atoms with Gasteiger partial charge in [0.1, 0.15) is 0 Å². The lowest BCUT2D eigenvalue weighted by molar-refractivity contribution is 0.163. The standard InChI is InChI=1S/C49H84O2/c1-8-10-12-14-16-18-22-26-30-34-49(35-31-27-23-19-17-15-13-11-9-2)46(7)51-41-33-29-25-21-20-24-28-32-40-50-45(6)44(5)48-38-36-47(37-39-48)42-43(3)4/h8-9,36-39,43-44,49H,1-2,6-7,10-35,40-42H2,3-5H3/t44-/m1/s1.